The van der Waals surface area contributed by atoms with Gasteiger partial charge in [0.1, 0.15) is 42.7 Å². The van der Waals surface area contributed by atoms with Crippen molar-refractivity contribution >= 4 is 13.8 Å². The first-order chi connectivity index (χ1) is 31.5. The molecule has 0 spiro atoms. The van der Waals surface area contributed by atoms with Crippen LogP contribution in [-0.4, -0.2) is 98.9 Å². The Labute approximate surface area is 396 Å². The molecule has 1 fully saturated rings. The van der Waals surface area contributed by atoms with Crippen LogP contribution in [0.5, 0.6) is 0 Å². The van der Waals surface area contributed by atoms with E-state index in [-0.39, 0.29) is 13.0 Å². The van der Waals surface area contributed by atoms with Gasteiger partial charge in [0.05, 0.1) is 13.2 Å². The van der Waals surface area contributed by atoms with Crippen molar-refractivity contribution in [2.75, 3.05) is 19.8 Å². The van der Waals surface area contributed by atoms with Crippen LogP contribution in [0.25, 0.3) is 0 Å². The number of ether oxygens (including phenoxy) is 2. The average molecular weight is 947 g/mol. The minimum atomic E-state index is -5.02. The second kappa shape index (κ2) is 42.9. The number of phosphoric acid groups is 1. The number of aliphatic hydroxyl groups is 5. The zero-order valence-corrected chi connectivity index (χ0v) is 42.2. The second-order valence-electron chi connectivity index (χ2n) is 18.7. The second-order valence-corrected chi connectivity index (χ2v) is 20.1. The lowest BCUT2D eigenvalue weighted by atomic mass is 9.85. The van der Waals surface area contributed by atoms with E-state index in [1.54, 1.807) is 0 Å². The molecule has 6 atom stereocenters. The summed E-state index contributed by atoms with van der Waals surface area (Å²) in [4.78, 5) is 23.3. The number of hydrogen-bond donors (Lipinski definition) is 6. The third kappa shape index (κ3) is 34.7. The summed E-state index contributed by atoms with van der Waals surface area (Å²) in [6, 6.07) is 0. The molecule has 0 heterocycles. The van der Waals surface area contributed by atoms with Gasteiger partial charge in [-0.15, -0.1) is 0 Å². The Balaban J connectivity index is 2.32. The summed E-state index contributed by atoms with van der Waals surface area (Å²) in [5.74, 6) is -0.474. The van der Waals surface area contributed by atoms with E-state index in [2.05, 4.69) is 38.2 Å². The molecule has 0 aromatic heterocycles. The van der Waals surface area contributed by atoms with E-state index in [1.165, 1.54) is 154 Å². The molecule has 1 aliphatic rings. The van der Waals surface area contributed by atoms with Crippen molar-refractivity contribution in [3.8, 4) is 0 Å². The monoisotopic (exact) mass is 947 g/mol. The largest absolute Gasteiger partial charge is 0.472 e. The van der Waals surface area contributed by atoms with E-state index in [0.717, 1.165) is 57.8 Å². The van der Waals surface area contributed by atoms with Crippen LogP contribution in [0.2, 0.25) is 0 Å². The smallest absolute Gasteiger partial charge is 0.457 e. The quantitative estimate of drug-likeness (QED) is 0.0147. The zero-order chi connectivity index (χ0) is 47.6. The third-order valence-electron chi connectivity index (χ3n) is 12.6. The standard InChI is InChI=1S/C52H99O12P/c1-3-5-7-9-11-13-15-17-19-21-23-25-27-29-31-33-35-37-39-41-46(53)63-45(44-62-65(59,60)64-52-50(57)48(55)47(54)49(56)51(52)58)43-61-42-40-38-36-34-32-30-28-26-24-22-20-18-16-14-12-10-8-6-4-2/h14,16,20,22,45,47-52,54-58H,3-13,15,17-19,21,23-44H2,1-2H3,(H,59,60)/b16-14-,22-20-. The van der Waals surface area contributed by atoms with Gasteiger partial charge in [-0.1, -0.05) is 212 Å². The first kappa shape index (κ1) is 61.8. The molecule has 0 aliphatic heterocycles. The van der Waals surface area contributed by atoms with E-state index in [1.807, 2.05) is 0 Å². The molecule has 12 nitrogen and oxygen atoms in total. The molecule has 0 aromatic carbocycles. The molecule has 6 unspecified atom stereocenters. The van der Waals surface area contributed by atoms with Crippen molar-refractivity contribution in [1.29, 1.82) is 0 Å². The van der Waals surface area contributed by atoms with Crippen LogP contribution in [0.15, 0.2) is 24.3 Å². The zero-order valence-electron chi connectivity index (χ0n) is 41.3. The van der Waals surface area contributed by atoms with Gasteiger partial charge in [-0.2, -0.15) is 0 Å². The van der Waals surface area contributed by atoms with Crippen molar-refractivity contribution in [3.05, 3.63) is 24.3 Å². The van der Waals surface area contributed by atoms with Crippen molar-refractivity contribution in [2.24, 2.45) is 0 Å². The minimum absolute atomic E-state index is 0.0764. The van der Waals surface area contributed by atoms with Gasteiger partial charge in [0, 0.05) is 13.0 Å². The molecular weight excluding hydrogens is 848 g/mol. The van der Waals surface area contributed by atoms with Crippen LogP contribution in [0.3, 0.4) is 0 Å². The van der Waals surface area contributed by atoms with Gasteiger partial charge >= 0.3 is 13.8 Å². The fourth-order valence-corrected chi connectivity index (χ4v) is 9.30. The molecule has 65 heavy (non-hydrogen) atoms. The van der Waals surface area contributed by atoms with Gasteiger partial charge in [-0.25, -0.2) is 4.57 Å². The molecule has 0 bridgehead atoms. The Morgan fingerprint density at radius 1 is 0.492 bits per heavy atom. The molecule has 1 saturated carbocycles. The van der Waals surface area contributed by atoms with Gasteiger partial charge in [0.2, 0.25) is 0 Å². The van der Waals surface area contributed by atoms with E-state index in [4.69, 9.17) is 18.5 Å². The van der Waals surface area contributed by atoms with Crippen molar-refractivity contribution in [2.45, 2.75) is 281 Å². The molecule has 1 rings (SSSR count). The molecule has 1 aliphatic carbocycles. The number of hydrogen-bond acceptors (Lipinski definition) is 11. The van der Waals surface area contributed by atoms with E-state index >= 15 is 0 Å². The summed E-state index contributed by atoms with van der Waals surface area (Å²) in [5.41, 5.74) is 0. The number of phosphoric ester groups is 1. The Kier molecular flexibility index (Phi) is 40.8. The molecule has 13 heteroatoms. The summed E-state index contributed by atoms with van der Waals surface area (Å²) < 4.78 is 34.3. The maximum atomic E-state index is 12.9. The van der Waals surface area contributed by atoms with E-state index in [0.29, 0.717) is 13.0 Å². The minimum Gasteiger partial charge on any atom is -0.457 e. The highest BCUT2D eigenvalue weighted by atomic mass is 31.2. The molecule has 0 saturated heterocycles. The summed E-state index contributed by atoms with van der Waals surface area (Å²) >= 11 is 0. The van der Waals surface area contributed by atoms with Crippen LogP contribution in [0.4, 0.5) is 0 Å². The summed E-state index contributed by atoms with van der Waals surface area (Å²) in [6.45, 7) is 4.28. The van der Waals surface area contributed by atoms with Crippen molar-refractivity contribution < 1.29 is 58.3 Å². The first-order valence-corrected chi connectivity index (χ1v) is 28.2. The predicted octanol–water partition coefficient (Wildman–Crippen LogP) is 12.0. The molecule has 384 valence electrons. The summed E-state index contributed by atoms with van der Waals surface area (Å²) in [7, 11) is -5.02. The fourth-order valence-electron chi connectivity index (χ4n) is 8.33. The Morgan fingerprint density at radius 3 is 1.31 bits per heavy atom. The van der Waals surface area contributed by atoms with E-state index < -0.39 is 63.1 Å². The molecule has 6 N–H and O–H groups in total. The lowest BCUT2D eigenvalue weighted by Gasteiger charge is -2.41. The lowest BCUT2D eigenvalue weighted by Crippen LogP contribution is -2.64. The Hall–Kier alpha value is -1.18. The van der Waals surface area contributed by atoms with Crippen LogP contribution in [0, 0.1) is 0 Å². The summed E-state index contributed by atoms with van der Waals surface area (Å²) in [5, 5.41) is 50.3. The van der Waals surface area contributed by atoms with Gasteiger partial charge in [-0.3, -0.25) is 13.8 Å². The molecule has 0 aromatic rings. The first-order valence-electron chi connectivity index (χ1n) is 26.7. The SMILES string of the molecule is CCCCCC/C=C\C/C=C\CCCCCCCCCCOCC(COP(=O)(O)OC1C(O)C(O)C(O)C(O)C1O)OC(=O)CCCCCCCCCCCCCCCCCCCCC. The average Bonchev–Trinajstić information content (AvgIpc) is 3.29. The van der Waals surface area contributed by atoms with E-state index in [9.17, 15) is 39.8 Å². The number of carbonyl (C=O) groups is 1. The molecule has 0 radical (unpaired) electrons. The maximum Gasteiger partial charge on any atom is 0.472 e. The number of allylic oxidation sites excluding steroid dienone is 4. The van der Waals surface area contributed by atoms with Crippen molar-refractivity contribution in [3.63, 3.8) is 0 Å². The third-order valence-corrected chi connectivity index (χ3v) is 13.6. The predicted molar refractivity (Wildman–Crippen MR) is 263 cm³/mol. The molecule has 0 amide bonds. The highest BCUT2D eigenvalue weighted by Crippen LogP contribution is 2.47. The van der Waals surface area contributed by atoms with Gasteiger partial charge < -0.3 is 39.9 Å². The highest BCUT2D eigenvalue weighted by Gasteiger charge is 2.51. The summed E-state index contributed by atoms with van der Waals surface area (Å²) in [6.07, 6.45) is 38.1. The highest BCUT2D eigenvalue weighted by molar-refractivity contribution is 7.47. The number of rotatable bonds is 46. The van der Waals surface area contributed by atoms with Crippen molar-refractivity contribution in [1.82, 2.24) is 0 Å². The van der Waals surface area contributed by atoms with Crippen LogP contribution in [0.1, 0.15) is 239 Å². The van der Waals surface area contributed by atoms with Gasteiger partial charge in [0.25, 0.3) is 0 Å². The van der Waals surface area contributed by atoms with Gasteiger partial charge in [-0.05, 0) is 44.9 Å². The molecular formula is C52H99O12P. The van der Waals surface area contributed by atoms with Gasteiger partial charge in [0.15, 0.2) is 0 Å². The maximum absolute atomic E-state index is 12.9. The number of carbonyl (C=O) groups excluding carboxylic acids is 1. The lowest BCUT2D eigenvalue weighted by molar-refractivity contribution is -0.220. The Bertz CT molecular complexity index is 1170. The number of esters is 1. The van der Waals surface area contributed by atoms with Crippen LogP contribution >= 0.6 is 7.82 Å². The van der Waals surface area contributed by atoms with Crippen LogP contribution < -0.4 is 0 Å². The fraction of sp³-hybridized carbons (Fsp3) is 0.904. The topological polar surface area (TPSA) is 192 Å². The normalized spacial score (nSPS) is 21.7. The van der Waals surface area contributed by atoms with Crippen LogP contribution in [-0.2, 0) is 27.9 Å². The number of unbranched alkanes of at least 4 members (excludes halogenated alkanes) is 30. The number of aliphatic hydroxyl groups excluding tert-OH is 5. The Morgan fingerprint density at radius 2 is 0.862 bits per heavy atom.